The van der Waals surface area contributed by atoms with Gasteiger partial charge in [-0.3, -0.25) is 9.78 Å². The maximum absolute atomic E-state index is 11.7. The monoisotopic (exact) mass is 293 g/mol. The number of carbonyl (C=O) groups is 1. The predicted molar refractivity (Wildman–Crippen MR) is 68.8 cm³/mol. The van der Waals surface area contributed by atoms with Crippen molar-refractivity contribution in [2.75, 3.05) is 6.54 Å². The Hall–Kier alpha value is -1.62. The summed E-state index contributed by atoms with van der Waals surface area (Å²) in [7, 11) is 0. The number of nitrogens with one attached hydrogen (secondary N) is 2. The normalized spacial score (nSPS) is 10.2. The Labute approximate surface area is 108 Å². The van der Waals surface area contributed by atoms with Crippen molar-refractivity contribution in [3.05, 3.63) is 52.5 Å². The fourth-order valence-electron chi connectivity index (χ4n) is 1.46. The van der Waals surface area contributed by atoms with Crippen LogP contribution in [-0.4, -0.2) is 22.4 Å². The third-order valence-electron chi connectivity index (χ3n) is 2.34. The third kappa shape index (κ3) is 3.42. The van der Waals surface area contributed by atoms with Crippen molar-refractivity contribution in [1.82, 2.24) is 15.3 Å². The molecule has 2 heterocycles. The Balaban J connectivity index is 1.81. The van der Waals surface area contributed by atoms with Gasteiger partial charge in [0, 0.05) is 29.6 Å². The van der Waals surface area contributed by atoms with Crippen LogP contribution in [0.2, 0.25) is 0 Å². The molecule has 0 radical (unpaired) electrons. The molecule has 2 aromatic heterocycles. The minimum absolute atomic E-state index is 0.0928. The van der Waals surface area contributed by atoms with Crippen molar-refractivity contribution in [2.24, 2.45) is 0 Å². The third-order valence-corrected chi connectivity index (χ3v) is 2.80. The fourth-order valence-corrected chi connectivity index (χ4v) is 1.81. The van der Waals surface area contributed by atoms with Gasteiger partial charge < -0.3 is 10.3 Å². The number of rotatable bonds is 4. The highest BCUT2D eigenvalue weighted by Crippen LogP contribution is 2.10. The van der Waals surface area contributed by atoms with Gasteiger partial charge in [0.2, 0.25) is 0 Å². The van der Waals surface area contributed by atoms with Crippen LogP contribution in [0.1, 0.15) is 16.1 Å². The molecule has 17 heavy (non-hydrogen) atoms. The van der Waals surface area contributed by atoms with Crippen LogP contribution in [0.4, 0.5) is 0 Å². The molecule has 4 nitrogen and oxygen atoms in total. The number of hydrogen-bond acceptors (Lipinski definition) is 2. The summed E-state index contributed by atoms with van der Waals surface area (Å²) in [6.45, 7) is 0.611. The van der Waals surface area contributed by atoms with E-state index in [2.05, 4.69) is 31.2 Å². The zero-order valence-electron chi connectivity index (χ0n) is 9.11. The summed E-state index contributed by atoms with van der Waals surface area (Å²) in [5.41, 5.74) is 1.72. The number of amides is 1. The summed E-state index contributed by atoms with van der Waals surface area (Å²) in [6, 6.07) is 5.64. The van der Waals surface area contributed by atoms with E-state index >= 15 is 0 Å². The minimum Gasteiger partial charge on any atom is -0.356 e. The van der Waals surface area contributed by atoms with E-state index < -0.39 is 0 Å². The van der Waals surface area contributed by atoms with Gasteiger partial charge in [-0.1, -0.05) is 0 Å². The van der Waals surface area contributed by atoms with E-state index in [1.165, 1.54) is 0 Å². The summed E-state index contributed by atoms with van der Waals surface area (Å²) < 4.78 is 0.872. The molecule has 0 aliphatic rings. The van der Waals surface area contributed by atoms with Gasteiger partial charge in [0.15, 0.2) is 0 Å². The molecule has 0 saturated carbocycles. The number of pyridine rings is 1. The molecule has 0 aromatic carbocycles. The van der Waals surface area contributed by atoms with Gasteiger partial charge in [-0.15, -0.1) is 0 Å². The molecule has 2 aromatic rings. The van der Waals surface area contributed by atoms with E-state index in [0.717, 1.165) is 16.5 Å². The molecular weight excluding hydrogens is 282 g/mol. The topological polar surface area (TPSA) is 57.8 Å². The second kappa shape index (κ2) is 5.63. The van der Waals surface area contributed by atoms with Crippen molar-refractivity contribution >= 4 is 21.8 Å². The van der Waals surface area contributed by atoms with Crippen LogP contribution in [0.15, 0.2) is 41.3 Å². The van der Waals surface area contributed by atoms with Gasteiger partial charge in [0.1, 0.15) is 5.69 Å². The largest absolute Gasteiger partial charge is 0.356 e. The first-order valence-corrected chi connectivity index (χ1v) is 6.06. The number of H-pyrrole nitrogens is 1. The van der Waals surface area contributed by atoms with E-state index in [0.29, 0.717) is 12.2 Å². The fraction of sp³-hybridized carbons (Fsp3) is 0.167. The van der Waals surface area contributed by atoms with Crippen molar-refractivity contribution in [3.8, 4) is 0 Å². The van der Waals surface area contributed by atoms with E-state index in [1.54, 1.807) is 24.7 Å². The van der Waals surface area contributed by atoms with Crippen molar-refractivity contribution in [1.29, 1.82) is 0 Å². The molecular formula is C12H12BrN3O. The molecule has 0 aliphatic carbocycles. The number of carbonyl (C=O) groups excluding carboxylic acids is 1. The Kier molecular flexibility index (Phi) is 3.93. The number of aromatic nitrogens is 2. The Bertz CT molecular complexity index is 495. The highest BCUT2D eigenvalue weighted by molar-refractivity contribution is 9.10. The average Bonchev–Trinajstić information content (AvgIpc) is 2.77. The molecule has 2 N–H and O–H groups in total. The Morgan fingerprint density at radius 1 is 1.41 bits per heavy atom. The highest BCUT2D eigenvalue weighted by Gasteiger charge is 2.06. The molecule has 5 heteroatoms. The smallest absolute Gasteiger partial charge is 0.267 e. The zero-order valence-corrected chi connectivity index (χ0v) is 10.7. The van der Waals surface area contributed by atoms with Gasteiger partial charge in [-0.25, -0.2) is 0 Å². The molecule has 0 unspecified atom stereocenters. The summed E-state index contributed by atoms with van der Waals surface area (Å²) in [5, 5.41) is 2.85. The van der Waals surface area contributed by atoms with E-state index in [9.17, 15) is 4.79 Å². The lowest BCUT2D eigenvalue weighted by Crippen LogP contribution is -2.25. The summed E-state index contributed by atoms with van der Waals surface area (Å²) in [5.74, 6) is -0.0928. The summed E-state index contributed by atoms with van der Waals surface area (Å²) >= 11 is 3.29. The van der Waals surface area contributed by atoms with Gasteiger partial charge in [-0.2, -0.15) is 0 Å². The van der Waals surface area contributed by atoms with Crippen LogP contribution in [0.5, 0.6) is 0 Å². The van der Waals surface area contributed by atoms with Gasteiger partial charge >= 0.3 is 0 Å². The minimum atomic E-state index is -0.0928. The van der Waals surface area contributed by atoms with Crippen LogP contribution in [0.25, 0.3) is 0 Å². The molecule has 2 rings (SSSR count). The van der Waals surface area contributed by atoms with Crippen molar-refractivity contribution in [2.45, 2.75) is 6.42 Å². The van der Waals surface area contributed by atoms with Gasteiger partial charge in [0.05, 0.1) is 0 Å². The molecule has 1 amide bonds. The van der Waals surface area contributed by atoms with Crippen LogP contribution in [0, 0.1) is 0 Å². The molecule has 88 valence electrons. The number of halogens is 1. The quantitative estimate of drug-likeness (QED) is 0.907. The first-order chi connectivity index (χ1) is 8.25. The summed E-state index contributed by atoms with van der Waals surface area (Å²) in [6.07, 6.45) is 6.03. The average molecular weight is 294 g/mol. The second-order valence-electron chi connectivity index (χ2n) is 3.59. The first-order valence-electron chi connectivity index (χ1n) is 5.27. The molecule has 0 fully saturated rings. The zero-order chi connectivity index (χ0) is 12.1. The maximum atomic E-state index is 11.7. The van der Waals surface area contributed by atoms with E-state index in [-0.39, 0.29) is 5.91 Å². The van der Waals surface area contributed by atoms with Crippen LogP contribution in [0.3, 0.4) is 0 Å². The standard InChI is InChI=1S/C12H12BrN3O/c13-10-7-11(16-8-10)12(17)15-6-3-9-1-4-14-5-2-9/h1-2,4-5,7-8,16H,3,6H2,(H,15,17). The van der Waals surface area contributed by atoms with Crippen LogP contribution in [-0.2, 0) is 6.42 Å². The highest BCUT2D eigenvalue weighted by atomic mass is 79.9. The first kappa shape index (κ1) is 11.9. The lowest BCUT2D eigenvalue weighted by atomic mass is 10.2. The molecule has 0 spiro atoms. The molecule has 0 atom stereocenters. The Morgan fingerprint density at radius 2 is 2.18 bits per heavy atom. The van der Waals surface area contributed by atoms with Crippen molar-refractivity contribution in [3.63, 3.8) is 0 Å². The predicted octanol–water partition coefficient (Wildman–Crippen LogP) is 2.14. The SMILES string of the molecule is O=C(NCCc1ccncc1)c1cc(Br)c[nH]1. The maximum Gasteiger partial charge on any atom is 0.267 e. The number of nitrogens with zero attached hydrogens (tertiary/aromatic N) is 1. The number of hydrogen-bond donors (Lipinski definition) is 2. The lowest BCUT2D eigenvalue weighted by Gasteiger charge is -2.03. The molecule has 0 saturated heterocycles. The van der Waals surface area contributed by atoms with Gasteiger partial charge in [0.25, 0.3) is 5.91 Å². The van der Waals surface area contributed by atoms with E-state index in [4.69, 9.17) is 0 Å². The Morgan fingerprint density at radius 3 is 2.82 bits per heavy atom. The molecule has 0 aliphatic heterocycles. The van der Waals surface area contributed by atoms with E-state index in [1.807, 2.05) is 12.1 Å². The van der Waals surface area contributed by atoms with Crippen LogP contribution < -0.4 is 5.32 Å². The number of aromatic amines is 1. The van der Waals surface area contributed by atoms with Crippen LogP contribution >= 0.6 is 15.9 Å². The summed E-state index contributed by atoms with van der Waals surface area (Å²) in [4.78, 5) is 18.5. The molecule has 0 bridgehead atoms. The van der Waals surface area contributed by atoms with Gasteiger partial charge in [-0.05, 0) is 46.1 Å². The van der Waals surface area contributed by atoms with Crippen molar-refractivity contribution < 1.29 is 4.79 Å². The second-order valence-corrected chi connectivity index (χ2v) is 4.51. The lowest BCUT2D eigenvalue weighted by molar-refractivity contribution is 0.0950.